The Morgan fingerprint density at radius 2 is 1.74 bits per heavy atom. The third-order valence-electron chi connectivity index (χ3n) is 2.60. The third-order valence-corrected chi connectivity index (χ3v) is 3.52. The standard InChI is InChI=1S/C14H14N2O2S/c17-16(18)13-8-4-5-9-14(13)19-15-11-10-12-6-2-1-3-7-12/h1-9,15H,10-11H2. The van der Waals surface area contributed by atoms with Gasteiger partial charge in [-0.25, -0.2) is 0 Å². The number of hydrogen-bond donors (Lipinski definition) is 1. The summed E-state index contributed by atoms with van der Waals surface area (Å²) in [5, 5.41) is 10.8. The first-order valence-electron chi connectivity index (χ1n) is 5.94. The number of para-hydroxylation sites is 1. The fourth-order valence-electron chi connectivity index (χ4n) is 1.66. The topological polar surface area (TPSA) is 55.2 Å². The zero-order chi connectivity index (χ0) is 13.5. The maximum absolute atomic E-state index is 10.8. The number of nitrogens with one attached hydrogen (secondary N) is 1. The van der Waals surface area contributed by atoms with Gasteiger partial charge in [-0.1, -0.05) is 42.5 Å². The van der Waals surface area contributed by atoms with Crippen LogP contribution >= 0.6 is 11.9 Å². The van der Waals surface area contributed by atoms with Gasteiger partial charge in [0.15, 0.2) is 0 Å². The average molecular weight is 274 g/mol. The lowest BCUT2D eigenvalue weighted by molar-refractivity contribution is -0.387. The second-order valence-electron chi connectivity index (χ2n) is 3.96. The molecule has 0 aliphatic carbocycles. The molecular formula is C14H14N2O2S. The number of nitro benzene ring substituents is 1. The number of rotatable bonds is 6. The van der Waals surface area contributed by atoms with Gasteiger partial charge in [0.25, 0.3) is 5.69 Å². The molecule has 0 aromatic heterocycles. The quantitative estimate of drug-likeness (QED) is 0.379. The van der Waals surface area contributed by atoms with Crippen LogP contribution < -0.4 is 4.72 Å². The Kier molecular flexibility index (Phi) is 4.94. The van der Waals surface area contributed by atoms with Crippen LogP contribution in [0.2, 0.25) is 0 Å². The Hall–Kier alpha value is -1.85. The van der Waals surface area contributed by atoms with E-state index in [4.69, 9.17) is 0 Å². The van der Waals surface area contributed by atoms with Crippen LogP contribution in [0.5, 0.6) is 0 Å². The number of nitrogens with zero attached hydrogens (tertiary/aromatic N) is 1. The summed E-state index contributed by atoms with van der Waals surface area (Å²) in [4.78, 5) is 11.1. The fourth-order valence-corrected chi connectivity index (χ4v) is 2.42. The first-order chi connectivity index (χ1) is 9.27. The average Bonchev–Trinajstić information content (AvgIpc) is 2.45. The number of benzene rings is 2. The highest BCUT2D eigenvalue weighted by atomic mass is 32.2. The second-order valence-corrected chi connectivity index (χ2v) is 4.89. The lowest BCUT2D eigenvalue weighted by atomic mass is 10.2. The van der Waals surface area contributed by atoms with Gasteiger partial charge in [0.05, 0.1) is 4.92 Å². The molecule has 0 saturated heterocycles. The van der Waals surface area contributed by atoms with Gasteiger partial charge in [-0.2, -0.15) is 0 Å². The summed E-state index contributed by atoms with van der Waals surface area (Å²) < 4.78 is 3.16. The van der Waals surface area contributed by atoms with Crippen LogP contribution in [0.4, 0.5) is 5.69 Å². The second kappa shape index (κ2) is 6.92. The molecule has 0 amide bonds. The molecule has 0 unspecified atom stereocenters. The van der Waals surface area contributed by atoms with Crippen molar-refractivity contribution >= 4 is 17.6 Å². The Morgan fingerprint density at radius 1 is 1.05 bits per heavy atom. The van der Waals surface area contributed by atoms with Gasteiger partial charge >= 0.3 is 0 Å². The first-order valence-corrected chi connectivity index (χ1v) is 6.76. The van der Waals surface area contributed by atoms with Crippen molar-refractivity contribution in [3.8, 4) is 0 Å². The predicted molar refractivity (Wildman–Crippen MR) is 77.1 cm³/mol. The van der Waals surface area contributed by atoms with E-state index >= 15 is 0 Å². The van der Waals surface area contributed by atoms with Crippen molar-refractivity contribution in [2.75, 3.05) is 6.54 Å². The van der Waals surface area contributed by atoms with Crippen LogP contribution in [0.15, 0.2) is 59.5 Å². The minimum Gasteiger partial charge on any atom is -0.259 e. The van der Waals surface area contributed by atoms with Crippen molar-refractivity contribution in [1.29, 1.82) is 0 Å². The minimum atomic E-state index is -0.360. The van der Waals surface area contributed by atoms with Crippen molar-refractivity contribution in [3.63, 3.8) is 0 Å². The normalized spacial score (nSPS) is 10.3. The zero-order valence-corrected chi connectivity index (χ0v) is 11.1. The summed E-state index contributed by atoms with van der Waals surface area (Å²) in [5.41, 5.74) is 1.39. The molecular weight excluding hydrogens is 260 g/mol. The predicted octanol–water partition coefficient (Wildman–Crippen LogP) is 3.43. The summed E-state index contributed by atoms with van der Waals surface area (Å²) in [6.45, 7) is 0.765. The van der Waals surface area contributed by atoms with E-state index in [0.29, 0.717) is 4.90 Å². The molecule has 0 aliphatic heterocycles. The van der Waals surface area contributed by atoms with Crippen LogP contribution in [0.1, 0.15) is 5.56 Å². The maximum atomic E-state index is 10.8. The molecule has 98 valence electrons. The summed E-state index contributed by atoms with van der Waals surface area (Å²) in [7, 11) is 0. The summed E-state index contributed by atoms with van der Waals surface area (Å²) >= 11 is 1.30. The summed E-state index contributed by atoms with van der Waals surface area (Å²) in [5.74, 6) is 0. The third kappa shape index (κ3) is 4.08. The van der Waals surface area contributed by atoms with E-state index in [2.05, 4.69) is 16.9 Å². The van der Waals surface area contributed by atoms with Crippen molar-refractivity contribution in [2.24, 2.45) is 0 Å². The van der Waals surface area contributed by atoms with E-state index in [9.17, 15) is 10.1 Å². The monoisotopic (exact) mass is 274 g/mol. The van der Waals surface area contributed by atoms with Crippen LogP contribution in [-0.2, 0) is 6.42 Å². The minimum absolute atomic E-state index is 0.139. The molecule has 2 aromatic rings. The van der Waals surface area contributed by atoms with E-state index in [1.165, 1.54) is 23.6 Å². The van der Waals surface area contributed by atoms with Gasteiger partial charge in [-0.15, -0.1) is 0 Å². The van der Waals surface area contributed by atoms with Crippen LogP contribution in [-0.4, -0.2) is 11.5 Å². The fraction of sp³-hybridized carbons (Fsp3) is 0.143. The lowest BCUT2D eigenvalue weighted by Crippen LogP contribution is -2.08. The van der Waals surface area contributed by atoms with E-state index in [-0.39, 0.29) is 10.6 Å². The van der Waals surface area contributed by atoms with Crippen LogP contribution in [0.3, 0.4) is 0 Å². The molecule has 0 fully saturated rings. The Labute approximate surface area is 116 Å². The SMILES string of the molecule is O=[N+]([O-])c1ccccc1SNCCc1ccccc1. The Morgan fingerprint density at radius 3 is 2.47 bits per heavy atom. The molecule has 0 spiro atoms. The Bertz CT molecular complexity index is 546. The highest BCUT2D eigenvalue weighted by Gasteiger charge is 2.12. The van der Waals surface area contributed by atoms with Gasteiger partial charge in [0.2, 0.25) is 0 Å². The summed E-state index contributed by atoms with van der Waals surface area (Å²) in [6, 6.07) is 16.9. The summed E-state index contributed by atoms with van der Waals surface area (Å²) in [6.07, 6.45) is 0.897. The maximum Gasteiger partial charge on any atom is 0.284 e. The smallest absolute Gasteiger partial charge is 0.259 e. The number of nitro groups is 1. The van der Waals surface area contributed by atoms with E-state index < -0.39 is 0 Å². The van der Waals surface area contributed by atoms with E-state index in [1.54, 1.807) is 18.2 Å². The molecule has 0 bridgehead atoms. The van der Waals surface area contributed by atoms with Gasteiger partial charge in [-0.3, -0.25) is 14.8 Å². The largest absolute Gasteiger partial charge is 0.284 e. The molecule has 0 saturated carbocycles. The van der Waals surface area contributed by atoms with E-state index in [1.807, 2.05) is 18.2 Å². The zero-order valence-electron chi connectivity index (χ0n) is 10.3. The van der Waals surface area contributed by atoms with Gasteiger partial charge in [-0.05, 0) is 30.0 Å². The van der Waals surface area contributed by atoms with Gasteiger partial charge in [0.1, 0.15) is 4.90 Å². The van der Waals surface area contributed by atoms with Gasteiger partial charge in [0, 0.05) is 12.6 Å². The van der Waals surface area contributed by atoms with Crippen molar-refractivity contribution in [3.05, 3.63) is 70.3 Å². The molecule has 0 radical (unpaired) electrons. The molecule has 2 rings (SSSR count). The van der Waals surface area contributed by atoms with Crippen LogP contribution in [0.25, 0.3) is 0 Å². The van der Waals surface area contributed by atoms with Crippen molar-refractivity contribution in [1.82, 2.24) is 4.72 Å². The first kappa shape index (κ1) is 13.6. The Balaban J connectivity index is 1.85. The molecule has 0 aliphatic rings. The van der Waals surface area contributed by atoms with Crippen LogP contribution in [0, 0.1) is 10.1 Å². The molecule has 2 aromatic carbocycles. The molecule has 19 heavy (non-hydrogen) atoms. The molecule has 0 atom stereocenters. The van der Waals surface area contributed by atoms with E-state index in [0.717, 1.165) is 13.0 Å². The molecule has 0 heterocycles. The lowest BCUT2D eigenvalue weighted by Gasteiger charge is -2.04. The number of hydrogen-bond acceptors (Lipinski definition) is 4. The molecule has 5 heteroatoms. The molecule has 1 N–H and O–H groups in total. The van der Waals surface area contributed by atoms with Crippen molar-refractivity contribution < 1.29 is 4.92 Å². The van der Waals surface area contributed by atoms with Crippen molar-refractivity contribution in [2.45, 2.75) is 11.3 Å². The highest BCUT2D eigenvalue weighted by molar-refractivity contribution is 7.97. The molecule has 4 nitrogen and oxygen atoms in total. The highest BCUT2D eigenvalue weighted by Crippen LogP contribution is 2.26. The van der Waals surface area contributed by atoms with Gasteiger partial charge < -0.3 is 0 Å².